The van der Waals surface area contributed by atoms with Gasteiger partial charge in [0.1, 0.15) is 5.69 Å². The molecule has 18 heavy (non-hydrogen) atoms. The monoisotopic (exact) mass is 245 g/mol. The number of nitrogens with zero attached hydrogens (tertiary/aromatic N) is 1. The molecule has 2 heterocycles. The molecule has 2 N–H and O–H groups in total. The van der Waals surface area contributed by atoms with Crippen LogP contribution < -0.4 is 10.6 Å². The van der Waals surface area contributed by atoms with Gasteiger partial charge in [-0.05, 0) is 25.1 Å². The Labute approximate surface area is 105 Å². The second-order valence-corrected chi connectivity index (χ2v) is 4.56. The summed E-state index contributed by atoms with van der Waals surface area (Å²) in [7, 11) is 0. The highest BCUT2D eigenvalue weighted by Gasteiger charge is 2.18. The van der Waals surface area contributed by atoms with Crippen LogP contribution in [0.4, 0.5) is 0 Å². The predicted octanol–water partition coefficient (Wildman–Crippen LogP) is 0.848. The van der Waals surface area contributed by atoms with Gasteiger partial charge in [-0.25, -0.2) is 0 Å². The molecule has 0 unspecified atom stereocenters. The third-order valence-electron chi connectivity index (χ3n) is 3.21. The number of hydrogen-bond acceptors (Lipinski definition) is 4. The molecule has 0 saturated carbocycles. The molecular formula is C13H15N3O2. The number of amides is 1. The molecule has 94 valence electrons. The lowest BCUT2D eigenvalue weighted by molar-refractivity contribution is -0.121. The third kappa shape index (κ3) is 2.22. The summed E-state index contributed by atoms with van der Waals surface area (Å²) in [4.78, 5) is 11.9. The summed E-state index contributed by atoms with van der Waals surface area (Å²) in [5, 5.41) is 11.1. The van der Waals surface area contributed by atoms with Crippen LogP contribution in [0, 0.1) is 0 Å². The highest BCUT2D eigenvalue weighted by atomic mass is 16.5. The van der Waals surface area contributed by atoms with Crippen LogP contribution in [0.25, 0.3) is 11.0 Å². The molecule has 0 radical (unpaired) electrons. The van der Waals surface area contributed by atoms with Crippen molar-refractivity contribution in [2.24, 2.45) is 0 Å². The number of hydrogen-bond donors (Lipinski definition) is 2. The van der Waals surface area contributed by atoms with Gasteiger partial charge in [0, 0.05) is 18.0 Å². The molecule has 1 aromatic heterocycles. The standard InChI is InChI=1S/C13H15N3O2/c17-13(15-9-5-6-14-8-9)7-11-10-3-1-2-4-12(10)18-16-11/h1-4,9,14H,5-8H2,(H,15,17)/t9-/m0/s1. The van der Waals surface area contributed by atoms with Crippen LogP contribution in [-0.2, 0) is 11.2 Å². The maximum Gasteiger partial charge on any atom is 0.226 e. The minimum absolute atomic E-state index is 0.00255. The number of aromatic nitrogens is 1. The Bertz CT molecular complexity index is 558. The Hall–Kier alpha value is -1.88. The van der Waals surface area contributed by atoms with E-state index in [2.05, 4.69) is 15.8 Å². The van der Waals surface area contributed by atoms with Gasteiger partial charge < -0.3 is 15.2 Å². The first-order chi connectivity index (χ1) is 8.83. The molecule has 2 aromatic rings. The van der Waals surface area contributed by atoms with Crippen LogP contribution in [0.2, 0.25) is 0 Å². The Morgan fingerprint density at radius 2 is 2.39 bits per heavy atom. The molecule has 1 fully saturated rings. The fourth-order valence-corrected chi connectivity index (χ4v) is 2.27. The van der Waals surface area contributed by atoms with Gasteiger partial charge >= 0.3 is 0 Å². The maximum absolute atomic E-state index is 11.9. The van der Waals surface area contributed by atoms with Crippen molar-refractivity contribution < 1.29 is 9.32 Å². The minimum atomic E-state index is 0.00255. The first kappa shape index (κ1) is 11.2. The lowest BCUT2D eigenvalue weighted by Crippen LogP contribution is -2.37. The largest absolute Gasteiger partial charge is 0.356 e. The SMILES string of the molecule is O=C(Cc1noc2ccccc12)N[C@H]1CCNC1. The van der Waals surface area contributed by atoms with Crippen LogP contribution >= 0.6 is 0 Å². The normalized spacial score (nSPS) is 19.2. The maximum atomic E-state index is 11.9. The van der Waals surface area contributed by atoms with Crippen LogP contribution in [0.1, 0.15) is 12.1 Å². The Morgan fingerprint density at radius 1 is 1.50 bits per heavy atom. The number of carbonyl (C=O) groups excluding carboxylic acids is 1. The van der Waals surface area contributed by atoms with E-state index in [4.69, 9.17) is 4.52 Å². The van der Waals surface area contributed by atoms with E-state index in [1.807, 2.05) is 24.3 Å². The summed E-state index contributed by atoms with van der Waals surface area (Å²) < 4.78 is 5.18. The van der Waals surface area contributed by atoms with E-state index >= 15 is 0 Å². The van der Waals surface area contributed by atoms with Gasteiger partial charge in [-0.2, -0.15) is 0 Å². The number of benzene rings is 1. The van der Waals surface area contributed by atoms with Gasteiger partial charge in [-0.3, -0.25) is 4.79 Å². The smallest absolute Gasteiger partial charge is 0.226 e. The first-order valence-electron chi connectivity index (χ1n) is 6.16. The Balaban J connectivity index is 1.70. The average molecular weight is 245 g/mol. The van der Waals surface area contributed by atoms with Gasteiger partial charge in [-0.15, -0.1) is 0 Å². The van der Waals surface area contributed by atoms with Crippen molar-refractivity contribution in [2.45, 2.75) is 18.9 Å². The zero-order chi connectivity index (χ0) is 12.4. The van der Waals surface area contributed by atoms with Crippen molar-refractivity contribution in [2.75, 3.05) is 13.1 Å². The van der Waals surface area contributed by atoms with Gasteiger partial charge in [0.25, 0.3) is 0 Å². The number of nitrogens with one attached hydrogen (secondary N) is 2. The molecule has 1 amide bonds. The van der Waals surface area contributed by atoms with Crippen LogP contribution in [0.15, 0.2) is 28.8 Å². The summed E-state index contributed by atoms with van der Waals surface area (Å²) >= 11 is 0. The van der Waals surface area contributed by atoms with Crippen LogP contribution in [-0.4, -0.2) is 30.2 Å². The van der Waals surface area contributed by atoms with Gasteiger partial charge in [-0.1, -0.05) is 17.3 Å². The number of rotatable bonds is 3. The summed E-state index contributed by atoms with van der Waals surface area (Å²) in [6.07, 6.45) is 1.26. The molecule has 5 heteroatoms. The summed E-state index contributed by atoms with van der Waals surface area (Å²) in [6.45, 7) is 1.82. The van der Waals surface area contributed by atoms with Crippen LogP contribution in [0.3, 0.4) is 0 Å². The first-order valence-corrected chi connectivity index (χ1v) is 6.16. The van der Waals surface area contributed by atoms with Crippen molar-refractivity contribution in [3.63, 3.8) is 0 Å². The zero-order valence-corrected chi connectivity index (χ0v) is 9.98. The highest BCUT2D eigenvalue weighted by molar-refractivity contribution is 5.86. The molecule has 0 bridgehead atoms. The van der Waals surface area contributed by atoms with Crippen molar-refractivity contribution in [3.8, 4) is 0 Å². The number of para-hydroxylation sites is 1. The van der Waals surface area contributed by atoms with Crippen molar-refractivity contribution in [3.05, 3.63) is 30.0 Å². The molecule has 1 aliphatic heterocycles. The summed E-state index contributed by atoms with van der Waals surface area (Å²) in [6, 6.07) is 7.83. The van der Waals surface area contributed by atoms with E-state index in [1.165, 1.54) is 0 Å². The summed E-state index contributed by atoms with van der Waals surface area (Å²) in [5.41, 5.74) is 1.43. The number of carbonyl (C=O) groups is 1. The Kier molecular flexibility index (Phi) is 2.98. The van der Waals surface area contributed by atoms with Crippen molar-refractivity contribution in [1.82, 2.24) is 15.8 Å². The molecular weight excluding hydrogens is 230 g/mol. The second-order valence-electron chi connectivity index (χ2n) is 4.56. The topological polar surface area (TPSA) is 67.2 Å². The number of fused-ring (bicyclic) bond motifs is 1. The van der Waals surface area contributed by atoms with E-state index in [9.17, 15) is 4.79 Å². The molecule has 3 rings (SSSR count). The predicted molar refractivity (Wildman–Crippen MR) is 67.1 cm³/mol. The summed E-state index contributed by atoms with van der Waals surface area (Å²) in [5.74, 6) is 0.00255. The molecule has 1 aliphatic rings. The lowest BCUT2D eigenvalue weighted by atomic mass is 10.1. The second kappa shape index (κ2) is 4.78. The molecule has 5 nitrogen and oxygen atoms in total. The quantitative estimate of drug-likeness (QED) is 0.841. The molecule has 1 saturated heterocycles. The average Bonchev–Trinajstić information content (AvgIpc) is 3.00. The van der Waals surface area contributed by atoms with Crippen molar-refractivity contribution >= 4 is 16.9 Å². The molecule has 0 spiro atoms. The lowest BCUT2D eigenvalue weighted by Gasteiger charge is -2.10. The van der Waals surface area contributed by atoms with E-state index in [-0.39, 0.29) is 18.4 Å². The zero-order valence-electron chi connectivity index (χ0n) is 9.98. The minimum Gasteiger partial charge on any atom is -0.356 e. The molecule has 1 aromatic carbocycles. The highest BCUT2D eigenvalue weighted by Crippen LogP contribution is 2.18. The van der Waals surface area contributed by atoms with E-state index in [1.54, 1.807) is 0 Å². The van der Waals surface area contributed by atoms with E-state index in [0.717, 1.165) is 30.5 Å². The van der Waals surface area contributed by atoms with Crippen LogP contribution in [0.5, 0.6) is 0 Å². The molecule has 0 aliphatic carbocycles. The van der Waals surface area contributed by atoms with E-state index in [0.29, 0.717) is 5.69 Å². The van der Waals surface area contributed by atoms with E-state index < -0.39 is 0 Å². The van der Waals surface area contributed by atoms with Gasteiger partial charge in [0.15, 0.2) is 5.58 Å². The molecule has 1 atom stereocenters. The Morgan fingerprint density at radius 3 is 3.22 bits per heavy atom. The van der Waals surface area contributed by atoms with Gasteiger partial charge in [0.05, 0.1) is 6.42 Å². The third-order valence-corrected chi connectivity index (χ3v) is 3.21. The fraction of sp³-hybridized carbons (Fsp3) is 0.385. The fourth-order valence-electron chi connectivity index (χ4n) is 2.27. The van der Waals surface area contributed by atoms with Crippen molar-refractivity contribution in [1.29, 1.82) is 0 Å². The van der Waals surface area contributed by atoms with Gasteiger partial charge in [0.2, 0.25) is 5.91 Å².